The number of nitrogens with zero attached hydrogens (tertiary/aromatic N) is 2. The van der Waals surface area contributed by atoms with Crippen molar-refractivity contribution in [3.05, 3.63) is 58.4 Å². The lowest BCUT2D eigenvalue weighted by atomic mass is 10.1. The van der Waals surface area contributed by atoms with Gasteiger partial charge in [-0.05, 0) is 12.5 Å². The van der Waals surface area contributed by atoms with E-state index in [2.05, 4.69) is 17.1 Å². The quantitative estimate of drug-likeness (QED) is 0.675. The molecule has 18 heavy (non-hydrogen) atoms. The normalized spacial score (nSPS) is 10.9. The first-order valence-corrected chi connectivity index (χ1v) is 6.56. The van der Waals surface area contributed by atoms with Gasteiger partial charge in [0.05, 0.1) is 6.20 Å². The van der Waals surface area contributed by atoms with Crippen molar-refractivity contribution >= 4 is 22.6 Å². The van der Waals surface area contributed by atoms with Gasteiger partial charge in [-0.15, -0.1) is 11.3 Å². The van der Waals surface area contributed by atoms with Crippen LogP contribution in [0.25, 0.3) is 4.96 Å². The maximum atomic E-state index is 10.9. The Morgan fingerprint density at radius 1 is 1.33 bits per heavy atom. The van der Waals surface area contributed by atoms with E-state index in [1.54, 1.807) is 17.5 Å². The van der Waals surface area contributed by atoms with Crippen LogP contribution in [0.3, 0.4) is 0 Å². The summed E-state index contributed by atoms with van der Waals surface area (Å²) < 4.78 is 1.93. The molecule has 0 spiro atoms. The first kappa shape index (κ1) is 11.2. The van der Waals surface area contributed by atoms with Gasteiger partial charge >= 0.3 is 0 Å². The van der Waals surface area contributed by atoms with Gasteiger partial charge in [-0.2, -0.15) is 0 Å². The van der Waals surface area contributed by atoms with Crippen molar-refractivity contribution in [3.63, 3.8) is 0 Å². The number of thiazole rings is 1. The van der Waals surface area contributed by atoms with E-state index < -0.39 is 0 Å². The van der Waals surface area contributed by atoms with Gasteiger partial charge in [0.1, 0.15) is 5.69 Å². The smallest absolute Gasteiger partial charge is 0.194 e. The molecule has 0 fully saturated rings. The van der Waals surface area contributed by atoms with E-state index in [0.717, 1.165) is 23.4 Å². The van der Waals surface area contributed by atoms with Gasteiger partial charge in [0.25, 0.3) is 0 Å². The maximum Gasteiger partial charge on any atom is 0.194 e. The average Bonchev–Trinajstić information content (AvgIpc) is 2.93. The number of hydrogen-bond donors (Lipinski definition) is 0. The molecule has 0 atom stereocenters. The largest absolute Gasteiger partial charge is 0.296 e. The third-order valence-corrected chi connectivity index (χ3v) is 4.20. The number of carbonyl (C=O) groups is 1. The van der Waals surface area contributed by atoms with Crippen molar-refractivity contribution < 1.29 is 4.79 Å². The lowest BCUT2D eigenvalue weighted by Crippen LogP contribution is -1.94. The van der Waals surface area contributed by atoms with Crippen LogP contribution in [-0.4, -0.2) is 15.7 Å². The van der Waals surface area contributed by atoms with Gasteiger partial charge in [-0.3, -0.25) is 9.20 Å². The van der Waals surface area contributed by atoms with Crippen LogP contribution in [0.5, 0.6) is 0 Å². The molecule has 3 aromatic rings. The maximum absolute atomic E-state index is 10.9. The molecule has 0 aliphatic rings. The molecule has 90 valence electrons. The molecular weight excluding hydrogens is 244 g/mol. The molecule has 0 aliphatic heterocycles. The lowest BCUT2D eigenvalue weighted by molar-refractivity contribution is 0.111. The number of carbonyl (C=O) groups excluding carboxylic acids is 1. The van der Waals surface area contributed by atoms with Gasteiger partial charge in [-0.1, -0.05) is 30.3 Å². The summed E-state index contributed by atoms with van der Waals surface area (Å²) in [6, 6.07) is 10.3. The number of hydrogen-bond acceptors (Lipinski definition) is 3. The Balaban J connectivity index is 2.05. The van der Waals surface area contributed by atoms with Crippen molar-refractivity contribution in [2.24, 2.45) is 0 Å². The molecule has 0 amide bonds. The van der Waals surface area contributed by atoms with E-state index in [0.29, 0.717) is 5.69 Å². The van der Waals surface area contributed by atoms with Crippen LogP contribution in [0.2, 0.25) is 0 Å². The van der Waals surface area contributed by atoms with Gasteiger partial charge in [0.2, 0.25) is 0 Å². The van der Waals surface area contributed by atoms with E-state index >= 15 is 0 Å². The number of benzene rings is 1. The molecule has 2 aromatic heterocycles. The molecule has 0 N–H and O–H groups in total. The molecular formula is C14H12N2OS. The van der Waals surface area contributed by atoms with Crippen LogP contribution in [0.1, 0.15) is 26.6 Å². The Kier molecular flexibility index (Phi) is 2.72. The molecule has 0 unspecified atom stereocenters. The molecule has 0 radical (unpaired) electrons. The topological polar surface area (TPSA) is 34.4 Å². The second-order valence-electron chi connectivity index (χ2n) is 4.19. The second kappa shape index (κ2) is 4.38. The highest BCUT2D eigenvalue weighted by Crippen LogP contribution is 2.25. The van der Waals surface area contributed by atoms with Crippen molar-refractivity contribution in [2.45, 2.75) is 13.3 Å². The lowest BCUT2D eigenvalue weighted by Gasteiger charge is -2.00. The molecule has 3 rings (SSSR count). The fourth-order valence-corrected chi connectivity index (χ4v) is 3.23. The minimum Gasteiger partial charge on any atom is -0.296 e. The summed E-state index contributed by atoms with van der Waals surface area (Å²) >= 11 is 1.65. The molecule has 0 aliphatic carbocycles. The van der Waals surface area contributed by atoms with E-state index in [-0.39, 0.29) is 0 Å². The highest BCUT2D eigenvalue weighted by atomic mass is 32.1. The summed E-state index contributed by atoms with van der Waals surface area (Å²) in [5.41, 5.74) is 3.01. The number of aryl methyl sites for hydroxylation is 1. The van der Waals surface area contributed by atoms with Crippen LogP contribution < -0.4 is 0 Å². The van der Waals surface area contributed by atoms with Gasteiger partial charge in [0.15, 0.2) is 11.2 Å². The predicted octanol–water partition coefficient (Wildman–Crippen LogP) is 3.11. The van der Waals surface area contributed by atoms with Crippen LogP contribution in [0.4, 0.5) is 0 Å². The summed E-state index contributed by atoms with van der Waals surface area (Å²) in [6.45, 7) is 2.04. The third kappa shape index (κ3) is 1.75. The van der Waals surface area contributed by atoms with Crippen LogP contribution in [0, 0.1) is 6.92 Å². The standard InChI is InChI=1S/C14H12N2OS/c1-10-13(7-11-5-3-2-4-6-11)18-14-15-8-12(9-17)16(10)14/h2-6,8-9H,7H2,1H3. The molecule has 1 aromatic carbocycles. The number of imidazole rings is 1. The molecule has 0 saturated heterocycles. The fourth-order valence-electron chi connectivity index (χ4n) is 2.09. The fraction of sp³-hybridized carbons (Fsp3) is 0.143. The minimum atomic E-state index is 0.623. The average molecular weight is 256 g/mol. The Bertz CT molecular complexity index is 697. The van der Waals surface area contributed by atoms with Crippen LogP contribution in [0.15, 0.2) is 36.5 Å². The highest BCUT2D eigenvalue weighted by Gasteiger charge is 2.12. The Labute approximate surface area is 109 Å². The first-order valence-electron chi connectivity index (χ1n) is 5.74. The molecule has 3 nitrogen and oxygen atoms in total. The summed E-state index contributed by atoms with van der Waals surface area (Å²) in [4.78, 5) is 17.4. The Morgan fingerprint density at radius 3 is 2.83 bits per heavy atom. The van der Waals surface area contributed by atoms with Gasteiger partial charge in [0, 0.05) is 17.0 Å². The van der Waals surface area contributed by atoms with E-state index in [1.165, 1.54) is 10.4 Å². The number of aldehydes is 1. The minimum absolute atomic E-state index is 0.623. The monoisotopic (exact) mass is 256 g/mol. The molecule has 0 saturated carbocycles. The Hall–Kier alpha value is -1.94. The van der Waals surface area contributed by atoms with Gasteiger partial charge < -0.3 is 0 Å². The van der Waals surface area contributed by atoms with Crippen LogP contribution >= 0.6 is 11.3 Å². The van der Waals surface area contributed by atoms with E-state index in [4.69, 9.17) is 0 Å². The SMILES string of the molecule is Cc1c(Cc2ccccc2)sc2ncc(C=O)n12. The third-order valence-electron chi connectivity index (χ3n) is 3.04. The Morgan fingerprint density at radius 2 is 2.11 bits per heavy atom. The van der Waals surface area contributed by atoms with E-state index in [9.17, 15) is 4.79 Å². The van der Waals surface area contributed by atoms with E-state index in [1.807, 2.05) is 29.5 Å². The molecule has 4 heteroatoms. The summed E-state index contributed by atoms with van der Waals surface area (Å²) in [5.74, 6) is 0. The number of aromatic nitrogens is 2. The van der Waals surface area contributed by atoms with Crippen molar-refractivity contribution in [2.75, 3.05) is 0 Å². The summed E-state index contributed by atoms with van der Waals surface area (Å²) in [7, 11) is 0. The zero-order valence-electron chi connectivity index (χ0n) is 9.96. The number of rotatable bonds is 3. The predicted molar refractivity (Wildman–Crippen MR) is 72.4 cm³/mol. The van der Waals surface area contributed by atoms with Crippen LogP contribution in [-0.2, 0) is 6.42 Å². The highest BCUT2D eigenvalue weighted by molar-refractivity contribution is 7.17. The van der Waals surface area contributed by atoms with Crippen molar-refractivity contribution in [3.8, 4) is 0 Å². The van der Waals surface area contributed by atoms with Crippen molar-refractivity contribution in [1.82, 2.24) is 9.38 Å². The zero-order chi connectivity index (χ0) is 12.5. The molecule has 2 heterocycles. The summed E-state index contributed by atoms with van der Waals surface area (Å²) in [6.07, 6.45) is 3.36. The first-order chi connectivity index (χ1) is 8.79. The van der Waals surface area contributed by atoms with Crippen molar-refractivity contribution in [1.29, 1.82) is 0 Å². The molecule has 0 bridgehead atoms. The summed E-state index contributed by atoms with van der Waals surface area (Å²) in [5, 5.41) is 0. The zero-order valence-corrected chi connectivity index (χ0v) is 10.8. The van der Waals surface area contributed by atoms with Gasteiger partial charge in [-0.25, -0.2) is 4.98 Å². The second-order valence-corrected chi connectivity index (χ2v) is 5.25. The number of fused-ring (bicyclic) bond motifs is 1.